The number of rotatable bonds is 5. The Bertz CT molecular complexity index is 712. The zero-order valence-corrected chi connectivity index (χ0v) is 15.7. The molecule has 1 atom stereocenters. The van der Waals surface area contributed by atoms with E-state index in [-0.39, 0.29) is 18.0 Å². The van der Waals surface area contributed by atoms with Crippen molar-refractivity contribution in [2.24, 2.45) is 0 Å². The molecule has 3 amide bonds. The number of hydrogen-bond acceptors (Lipinski definition) is 4. The first-order valence-corrected chi connectivity index (χ1v) is 9.66. The lowest BCUT2D eigenvalue weighted by atomic mass is 10.2. The number of benzene rings is 1. The molecular formula is C19H24N4O2S. The Morgan fingerprint density at radius 2 is 1.81 bits per heavy atom. The number of para-hydroxylation sites is 1. The van der Waals surface area contributed by atoms with Crippen LogP contribution in [-0.4, -0.2) is 54.5 Å². The van der Waals surface area contributed by atoms with Gasteiger partial charge < -0.3 is 15.5 Å². The molecule has 1 aromatic carbocycles. The van der Waals surface area contributed by atoms with Gasteiger partial charge in [-0.05, 0) is 30.5 Å². The Labute approximate surface area is 157 Å². The van der Waals surface area contributed by atoms with E-state index in [1.165, 1.54) is 0 Å². The maximum absolute atomic E-state index is 12.4. The average Bonchev–Trinajstić information content (AvgIpc) is 3.18. The van der Waals surface area contributed by atoms with Crippen molar-refractivity contribution in [3.63, 3.8) is 0 Å². The van der Waals surface area contributed by atoms with Gasteiger partial charge in [0.05, 0.1) is 12.6 Å². The second-order valence-electron chi connectivity index (χ2n) is 6.36. The second kappa shape index (κ2) is 8.82. The van der Waals surface area contributed by atoms with Gasteiger partial charge in [0.15, 0.2) is 0 Å². The topological polar surface area (TPSA) is 64.7 Å². The van der Waals surface area contributed by atoms with Crippen molar-refractivity contribution in [1.82, 2.24) is 15.1 Å². The summed E-state index contributed by atoms with van der Waals surface area (Å²) in [4.78, 5) is 29.6. The number of nitrogens with one attached hydrogen (secondary N) is 2. The summed E-state index contributed by atoms with van der Waals surface area (Å²) in [7, 11) is 0. The number of piperazine rings is 1. The molecule has 6 nitrogen and oxygen atoms in total. The molecular weight excluding hydrogens is 348 g/mol. The summed E-state index contributed by atoms with van der Waals surface area (Å²) in [6, 6.07) is 13.4. The highest BCUT2D eigenvalue weighted by molar-refractivity contribution is 7.10. The maximum Gasteiger partial charge on any atom is 0.317 e. The van der Waals surface area contributed by atoms with Crippen LogP contribution in [0.4, 0.5) is 10.5 Å². The van der Waals surface area contributed by atoms with Gasteiger partial charge in [-0.2, -0.15) is 0 Å². The molecule has 0 radical (unpaired) electrons. The summed E-state index contributed by atoms with van der Waals surface area (Å²) in [5, 5.41) is 7.94. The number of hydrogen-bond donors (Lipinski definition) is 2. The fraction of sp³-hybridized carbons (Fsp3) is 0.368. The van der Waals surface area contributed by atoms with Gasteiger partial charge in [0.1, 0.15) is 0 Å². The van der Waals surface area contributed by atoms with E-state index < -0.39 is 0 Å². The van der Waals surface area contributed by atoms with Crippen LogP contribution in [0.25, 0.3) is 0 Å². The highest BCUT2D eigenvalue weighted by atomic mass is 32.1. The highest BCUT2D eigenvalue weighted by Crippen LogP contribution is 2.18. The molecule has 2 heterocycles. The molecule has 138 valence electrons. The van der Waals surface area contributed by atoms with Gasteiger partial charge in [-0.15, -0.1) is 11.3 Å². The average molecular weight is 372 g/mol. The van der Waals surface area contributed by atoms with Crippen LogP contribution in [0.3, 0.4) is 0 Å². The molecule has 1 aliphatic rings. The zero-order valence-electron chi connectivity index (χ0n) is 14.9. The molecule has 1 unspecified atom stereocenters. The number of anilines is 1. The predicted octanol–water partition coefficient (Wildman–Crippen LogP) is 2.78. The molecule has 2 aromatic rings. The molecule has 0 spiro atoms. The minimum atomic E-state index is -0.0423. The lowest BCUT2D eigenvalue weighted by molar-refractivity contribution is -0.117. The number of thiophene rings is 1. The van der Waals surface area contributed by atoms with E-state index in [1.807, 2.05) is 59.7 Å². The van der Waals surface area contributed by atoms with Crippen molar-refractivity contribution in [1.29, 1.82) is 0 Å². The van der Waals surface area contributed by atoms with E-state index in [1.54, 1.807) is 11.3 Å². The lowest BCUT2D eigenvalue weighted by Crippen LogP contribution is -2.53. The van der Waals surface area contributed by atoms with Crippen molar-refractivity contribution in [3.05, 3.63) is 52.7 Å². The molecule has 0 aliphatic carbocycles. The predicted molar refractivity (Wildman–Crippen MR) is 104 cm³/mol. The van der Waals surface area contributed by atoms with Gasteiger partial charge in [0.25, 0.3) is 0 Å². The monoisotopic (exact) mass is 372 g/mol. The van der Waals surface area contributed by atoms with Crippen LogP contribution in [-0.2, 0) is 4.79 Å². The quantitative estimate of drug-likeness (QED) is 0.848. The zero-order chi connectivity index (χ0) is 18.4. The standard InChI is InChI=1S/C19H24N4O2S/c1-15(17-8-5-13-26-17)20-19(25)23-11-9-22(10-12-23)14-18(24)21-16-6-3-2-4-7-16/h2-8,13,15H,9-12,14H2,1H3,(H,20,25)(H,21,24). The Balaban J connectivity index is 1.41. The Morgan fingerprint density at radius 3 is 2.46 bits per heavy atom. The third-order valence-electron chi connectivity index (χ3n) is 4.39. The number of amides is 3. The Hall–Kier alpha value is -2.38. The molecule has 1 aliphatic heterocycles. The molecule has 26 heavy (non-hydrogen) atoms. The lowest BCUT2D eigenvalue weighted by Gasteiger charge is -2.34. The molecule has 1 fully saturated rings. The summed E-state index contributed by atoms with van der Waals surface area (Å²) < 4.78 is 0. The van der Waals surface area contributed by atoms with Crippen LogP contribution in [0, 0.1) is 0 Å². The fourth-order valence-corrected chi connectivity index (χ4v) is 3.65. The molecule has 1 saturated heterocycles. The summed E-state index contributed by atoms with van der Waals surface area (Å²) in [5.74, 6) is -0.0274. The van der Waals surface area contributed by atoms with Crippen molar-refractivity contribution in [2.45, 2.75) is 13.0 Å². The number of nitrogens with zero attached hydrogens (tertiary/aromatic N) is 2. The van der Waals surface area contributed by atoms with E-state index in [0.29, 0.717) is 32.7 Å². The smallest absolute Gasteiger partial charge is 0.317 e. The van der Waals surface area contributed by atoms with Crippen LogP contribution in [0.15, 0.2) is 47.8 Å². The summed E-state index contributed by atoms with van der Waals surface area (Å²) in [5.41, 5.74) is 0.804. The van der Waals surface area contributed by atoms with Gasteiger partial charge in [0, 0.05) is 36.7 Å². The van der Waals surface area contributed by atoms with Crippen LogP contribution in [0.5, 0.6) is 0 Å². The van der Waals surface area contributed by atoms with Crippen molar-refractivity contribution in [3.8, 4) is 0 Å². The van der Waals surface area contributed by atoms with Crippen molar-refractivity contribution < 1.29 is 9.59 Å². The molecule has 3 rings (SSSR count). The van der Waals surface area contributed by atoms with E-state index in [4.69, 9.17) is 0 Å². The van der Waals surface area contributed by atoms with E-state index in [2.05, 4.69) is 15.5 Å². The fourth-order valence-electron chi connectivity index (χ4n) is 2.92. The van der Waals surface area contributed by atoms with Gasteiger partial charge in [-0.3, -0.25) is 9.69 Å². The van der Waals surface area contributed by atoms with Gasteiger partial charge >= 0.3 is 6.03 Å². The summed E-state index contributed by atoms with van der Waals surface area (Å²) in [6.45, 7) is 4.99. The first-order chi connectivity index (χ1) is 12.6. The number of urea groups is 1. The Kier molecular flexibility index (Phi) is 6.25. The first-order valence-electron chi connectivity index (χ1n) is 8.78. The highest BCUT2D eigenvalue weighted by Gasteiger charge is 2.23. The van der Waals surface area contributed by atoms with Crippen molar-refractivity contribution >= 4 is 29.0 Å². The number of carbonyl (C=O) groups excluding carboxylic acids is 2. The molecule has 1 aromatic heterocycles. The normalized spacial score (nSPS) is 16.1. The SMILES string of the molecule is CC(NC(=O)N1CCN(CC(=O)Nc2ccccc2)CC1)c1cccs1. The first kappa shape index (κ1) is 18.4. The van der Waals surface area contributed by atoms with Gasteiger partial charge in [0.2, 0.25) is 5.91 Å². The minimum Gasteiger partial charge on any atom is -0.331 e. The number of carbonyl (C=O) groups is 2. The minimum absolute atomic E-state index is 0.0113. The molecule has 7 heteroatoms. The van der Waals surface area contributed by atoms with Crippen molar-refractivity contribution in [2.75, 3.05) is 38.0 Å². The second-order valence-corrected chi connectivity index (χ2v) is 7.34. The largest absolute Gasteiger partial charge is 0.331 e. The third-order valence-corrected chi connectivity index (χ3v) is 5.45. The van der Waals surface area contributed by atoms with Crippen LogP contribution in [0.1, 0.15) is 17.8 Å². The molecule has 2 N–H and O–H groups in total. The third kappa shape index (κ3) is 5.06. The van der Waals surface area contributed by atoms with Crippen LogP contribution >= 0.6 is 11.3 Å². The van der Waals surface area contributed by atoms with Gasteiger partial charge in [-0.25, -0.2) is 4.79 Å². The van der Waals surface area contributed by atoms with Gasteiger partial charge in [-0.1, -0.05) is 24.3 Å². The van der Waals surface area contributed by atoms with E-state index in [9.17, 15) is 9.59 Å². The molecule has 0 bridgehead atoms. The van der Waals surface area contributed by atoms with E-state index in [0.717, 1.165) is 10.6 Å². The van der Waals surface area contributed by atoms with E-state index >= 15 is 0 Å². The summed E-state index contributed by atoms with van der Waals surface area (Å²) in [6.07, 6.45) is 0. The molecule has 0 saturated carbocycles. The summed E-state index contributed by atoms with van der Waals surface area (Å²) >= 11 is 1.64. The Morgan fingerprint density at radius 1 is 1.08 bits per heavy atom. The van der Waals surface area contributed by atoms with Crippen LogP contribution in [0.2, 0.25) is 0 Å². The maximum atomic E-state index is 12.4. The van der Waals surface area contributed by atoms with Crippen LogP contribution < -0.4 is 10.6 Å².